The van der Waals surface area contributed by atoms with Gasteiger partial charge in [0.05, 0.1) is 13.2 Å². The maximum Gasteiger partial charge on any atom is 0.0623 e. The van der Waals surface area contributed by atoms with E-state index in [1.165, 1.54) is 64.6 Å². The molecule has 3 unspecified atom stereocenters. The van der Waals surface area contributed by atoms with Crippen molar-refractivity contribution in [3.63, 3.8) is 0 Å². The van der Waals surface area contributed by atoms with Gasteiger partial charge >= 0.3 is 0 Å². The van der Waals surface area contributed by atoms with Gasteiger partial charge in [-0.05, 0) is 63.5 Å². The average molecular weight is 344 g/mol. The largest absolute Gasteiger partial charge is 0.379 e. The second-order valence-electron chi connectivity index (χ2n) is 8.02. The quantitative estimate of drug-likeness (QED) is 0.801. The summed E-state index contributed by atoms with van der Waals surface area (Å²) in [6, 6.07) is 2.06. The van der Waals surface area contributed by atoms with Crippen molar-refractivity contribution in [3.8, 4) is 0 Å². The zero-order valence-electron chi connectivity index (χ0n) is 14.3. The van der Waals surface area contributed by atoms with Gasteiger partial charge in [-0.1, -0.05) is 6.42 Å². The Morgan fingerprint density at radius 1 is 1.04 bits per heavy atom. The molecule has 0 aromatic rings. The van der Waals surface area contributed by atoms with Crippen LogP contribution in [0.4, 0.5) is 0 Å². The molecule has 2 aliphatic carbocycles. The zero-order chi connectivity index (χ0) is 14.8. The highest BCUT2D eigenvalue weighted by Gasteiger charge is 2.36. The minimum absolute atomic E-state index is 0. The Hall–Kier alpha value is 0.130. The fourth-order valence-corrected chi connectivity index (χ4v) is 4.79. The Balaban J connectivity index is 0.00000156. The van der Waals surface area contributed by atoms with Crippen molar-refractivity contribution in [2.24, 2.45) is 11.8 Å². The van der Waals surface area contributed by atoms with Crippen LogP contribution in [-0.2, 0) is 4.74 Å². The summed E-state index contributed by atoms with van der Waals surface area (Å²) in [6.45, 7) is 6.85. The zero-order valence-corrected chi connectivity index (χ0v) is 15.2. The average Bonchev–Trinajstić information content (AvgIpc) is 3.26. The highest BCUT2D eigenvalue weighted by molar-refractivity contribution is 5.85. The summed E-state index contributed by atoms with van der Waals surface area (Å²) in [7, 11) is 0. The smallest absolute Gasteiger partial charge is 0.0623 e. The van der Waals surface area contributed by atoms with Crippen molar-refractivity contribution in [1.82, 2.24) is 15.5 Å². The van der Waals surface area contributed by atoms with Crippen LogP contribution in [0, 0.1) is 11.8 Å². The summed E-state index contributed by atoms with van der Waals surface area (Å²) >= 11 is 0. The number of rotatable bonds is 5. The number of nitrogens with one attached hydrogen (secondary N) is 2. The summed E-state index contributed by atoms with van der Waals surface area (Å²) in [5.74, 6) is 1.82. The predicted octanol–water partition coefficient (Wildman–Crippen LogP) is 2.03. The number of likely N-dealkylation sites (tertiary alicyclic amines) is 1. The van der Waals surface area contributed by atoms with Gasteiger partial charge in [-0.25, -0.2) is 0 Å². The lowest BCUT2D eigenvalue weighted by molar-refractivity contribution is 0.0506. The molecule has 0 amide bonds. The van der Waals surface area contributed by atoms with Gasteiger partial charge in [0.15, 0.2) is 0 Å². The summed E-state index contributed by atoms with van der Waals surface area (Å²) in [5.41, 5.74) is 0. The Morgan fingerprint density at radius 3 is 2.57 bits per heavy atom. The molecule has 2 saturated heterocycles. The third-order valence-electron chi connectivity index (χ3n) is 6.29. The fourth-order valence-electron chi connectivity index (χ4n) is 4.79. The highest BCUT2D eigenvalue weighted by Crippen LogP contribution is 2.32. The van der Waals surface area contributed by atoms with Gasteiger partial charge in [0.25, 0.3) is 0 Å². The van der Waals surface area contributed by atoms with Crippen molar-refractivity contribution in [3.05, 3.63) is 0 Å². The molecule has 4 aliphatic rings. The van der Waals surface area contributed by atoms with Gasteiger partial charge in [-0.2, -0.15) is 0 Å². The van der Waals surface area contributed by atoms with E-state index < -0.39 is 0 Å². The molecular weight excluding hydrogens is 310 g/mol. The van der Waals surface area contributed by atoms with Crippen LogP contribution >= 0.6 is 12.4 Å². The lowest BCUT2D eigenvalue weighted by Crippen LogP contribution is -2.53. The van der Waals surface area contributed by atoms with E-state index in [1.54, 1.807) is 0 Å². The monoisotopic (exact) mass is 343 g/mol. The molecule has 0 bridgehead atoms. The van der Waals surface area contributed by atoms with Crippen LogP contribution < -0.4 is 10.6 Å². The van der Waals surface area contributed by atoms with Crippen LogP contribution in [0.15, 0.2) is 0 Å². The molecule has 0 radical (unpaired) electrons. The van der Waals surface area contributed by atoms with Crippen molar-refractivity contribution < 1.29 is 4.74 Å². The van der Waals surface area contributed by atoms with E-state index in [9.17, 15) is 0 Å². The minimum atomic E-state index is 0. The molecule has 0 aromatic carbocycles. The van der Waals surface area contributed by atoms with E-state index in [4.69, 9.17) is 4.74 Å². The summed E-state index contributed by atoms with van der Waals surface area (Å²) in [4.78, 5) is 2.71. The maximum absolute atomic E-state index is 5.69. The molecule has 2 heterocycles. The Labute approximate surface area is 147 Å². The number of piperidine rings is 1. The number of ether oxygens (including phenoxy) is 1. The molecule has 0 aromatic heterocycles. The lowest BCUT2D eigenvalue weighted by Gasteiger charge is -2.37. The molecule has 2 saturated carbocycles. The van der Waals surface area contributed by atoms with Crippen molar-refractivity contribution in [1.29, 1.82) is 0 Å². The van der Waals surface area contributed by atoms with E-state index in [2.05, 4.69) is 15.5 Å². The number of morpholine rings is 1. The van der Waals surface area contributed by atoms with Crippen molar-refractivity contribution >= 4 is 12.4 Å². The van der Waals surface area contributed by atoms with Crippen LogP contribution in [-0.4, -0.2) is 62.4 Å². The number of hydrogen-bond acceptors (Lipinski definition) is 4. The molecule has 2 aliphatic heterocycles. The molecule has 2 N–H and O–H groups in total. The van der Waals surface area contributed by atoms with Crippen LogP contribution in [0.3, 0.4) is 0 Å². The number of halogens is 1. The van der Waals surface area contributed by atoms with Crippen molar-refractivity contribution in [2.45, 2.75) is 63.1 Å². The Morgan fingerprint density at radius 2 is 1.87 bits per heavy atom. The van der Waals surface area contributed by atoms with Gasteiger partial charge in [0.1, 0.15) is 0 Å². The normalized spacial score (nSPS) is 36.8. The standard InChI is InChI=1S/C18H33N3O.ClH/c1-2-16(18-13-22-11-8-19-18)17(3-1)20-15-6-9-21(10-7-15)12-14-4-5-14;/h14-20H,1-13H2;1H. The Kier molecular flexibility index (Phi) is 6.62. The second-order valence-corrected chi connectivity index (χ2v) is 8.02. The maximum atomic E-state index is 5.69. The minimum Gasteiger partial charge on any atom is -0.379 e. The highest BCUT2D eigenvalue weighted by atomic mass is 35.5. The predicted molar refractivity (Wildman–Crippen MR) is 96.3 cm³/mol. The first-order valence-corrected chi connectivity index (χ1v) is 9.68. The Bertz CT molecular complexity index is 352. The SMILES string of the molecule is C1CC(NC2CCN(CC3CC3)CC2)C(C2COCCN2)C1.Cl. The van der Waals surface area contributed by atoms with Gasteiger partial charge in [0, 0.05) is 31.2 Å². The number of nitrogens with zero attached hydrogens (tertiary/aromatic N) is 1. The molecule has 4 fully saturated rings. The first-order valence-electron chi connectivity index (χ1n) is 9.68. The van der Waals surface area contributed by atoms with Gasteiger partial charge in [-0.15, -0.1) is 12.4 Å². The van der Waals surface area contributed by atoms with E-state index in [1.807, 2.05) is 0 Å². The molecule has 3 atom stereocenters. The first kappa shape index (κ1) is 17.9. The molecule has 134 valence electrons. The van der Waals surface area contributed by atoms with Crippen LogP contribution in [0.1, 0.15) is 44.9 Å². The van der Waals surface area contributed by atoms with E-state index in [0.717, 1.165) is 43.7 Å². The first-order chi connectivity index (χ1) is 10.9. The summed E-state index contributed by atoms with van der Waals surface area (Å²) in [6.07, 6.45) is 9.80. The van der Waals surface area contributed by atoms with Crippen LogP contribution in [0.25, 0.3) is 0 Å². The van der Waals surface area contributed by atoms with Gasteiger partial charge in [0.2, 0.25) is 0 Å². The molecule has 4 rings (SSSR count). The topological polar surface area (TPSA) is 36.5 Å². The van der Waals surface area contributed by atoms with E-state index >= 15 is 0 Å². The van der Waals surface area contributed by atoms with Gasteiger partial charge < -0.3 is 20.3 Å². The van der Waals surface area contributed by atoms with Crippen LogP contribution in [0.2, 0.25) is 0 Å². The number of hydrogen-bond donors (Lipinski definition) is 2. The van der Waals surface area contributed by atoms with Crippen molar-refractivity contribution in [2.75, 3.05) is 39.4 Å². The van der Waals surface area contributed by atoms with E-state index in [-0.39, 0.29) is 12.4 Å². The molecule has 23 heavy (non-hydrogen) atoms. The lowest BCUT2D eigenvalue weighted by atomic mass is 9.92. The van der Waals surface area contributed by atoms with E-state index in [0.29, 0.717) is 6.04 Å². The summed E-state index contributed by atoms with van der Waals surface area (Å²) < 4.78 is 5.69. The molecular formula is C18H34ClN3O. The summed E-state index contributed by atoms with van der Waals surface area (Å²) in [5, 5.41) is 7.72. The third-order valence-corrected chi connectivity index (χ3v) is 6.29. The molecule has 5 heteroatoms. The molecule has 0 spiro atoms. The van der Waals surface area contributed by atoms with Crippen LogP contribution in [0.5, 0.6) is 0 Å². The fraction of sp³-hybridized carbons (Fsp3) is 1.00. The third kappa shape index (κ3) is 4.82. The second kappa shape index (κ2) is 8.48. The molecule has 4 nitrogen and oxygen atoms in total. The van der Waals surface area contributed by atoms with Gasteiger partial charge in [-0.3, -0.25) is 0 Å².